The number of amides is 1. The summed E-state index contributed by atoms with van der Waals surface area (Å²) in [6, 6.07) is 4.81. The standard InChI is InChI=1S/C19H25NO4/c1-11-3-6-17(21)16(7-11)19(23)24-10-18(22)20-12(2)15-9-13-4-5-14(15)8-13/h3,6-7,12-15,21H,4-5,8-10H2,1-2H3,(H,20,22). The average molecular weight is 331 g/mol. The fourth-order valence-corrected chi connectivity index (χ4v) is 4.33. The Morgan fingerprint density at radius 1 is 1.33 bits per heavy atom. The summed E-state index contributed by atoms with van der Waals surface area (Å²) in [5, 5.41) is 12.7. The summed E-state index contributed by atoms with van der Waals surface area (Å²) in [5.74, 6) is 1.01. The van der Waals surface area contributed by atoms with Crippen LogP contribution >= 0.6 is 0 Å². The van der Waals surface area contributed by atoms with Crippen LogP contribution in [0.5, 0.6) is 5.75 Å². The van der Waals surface area contributed by atoms with Crippen molar-refractivity contribution in [3.63, 3.8) is 0 Å². The highest BCUT2D eigenvalue weighted by molar-refractivity contribution is 5.94. The van der Waals surface area contributed by atoms with Gasteiger partial charge in [0.2, 0.25) is 0 Å². The molecular formula is C19H25NO4. The molecule has 1 amide bonds. The number of fused-ring (bicyclic) bond motifs is 2. The summed E-state index contributed by atoms with van der Waals surface area (Å²) in [4.78, 5) is 24.1. The number of carbonyl (C=O) groups is 2. The molecule has 130 valence electrons. The summed E-state index contributed by atoms with van der Waals surface area (Å²) in [7, 11) is 0. The van der Waals surface area contributed by atoms with Gasteiger partial charge in [0.15, 0.2) is 6.61 Å². The lowest BCUT2D eigenvalue weighted by atomic mass is 9.84. The van der Waals surface area contributed by atoms with Gasteiger partial charge in [-0.05, 0) is 63.0 Å². The van der Waals surface area contributed by atoms with Gasteiger partial charge in [0.25, 0.3) is 5.91 Å². The van der Waals surface area contributed by atoms with Gasteiger partial charge < -0.3 is 15.2 Å². The fourth-order valence-electron chi connectivity index (χ4n) is 4.33. The second-order valence-corrected chi connectivity index (χ2v) is 7.29. The number of aryl methyl sites for hydroxylation is 1. The molecule has 2 aliphatic carbocycles. The van der Waals surface area contributed by atoms with E-state index < -0.39 is 5.97 Å². The van der Waals surface area contributed by atoms with Gasteiger partial charge >= 0.3 is 5.97 Å². The zero-order chi connectivity index (χ0) is 17.3. The minimum Gasteiger partial charge on any atom is -0.507 e. The number of rotatable bonds is 5. The number of esters is 1. The largest absolute Gasteiger partial charge is 0.507 e. The molecule has 2 bridgehead atoms. The van der Waals surface area contributed by atoms with E-state index in [4.69, 9.17) is 4.74 Å². The molecule has 0 heterocycles. The molecule has 2 saturated carbocycles. The van der Waals surface area contributed by atoms with Crippen LogP contribution < -0.4 is 5.32 Å². The molecule has 0 aromatic heterocycles. The minimum absolute atomic E-state index is 0.0870. The van der Waals surface area contributed by atoms with Crippen molar-refractivity contribution in [3.05, 3.63) is 29.3 Å². The molecule has 3 rings (SSSR count). The van der Waals surface area contributed by atoms with Crippen LogP contribution in [0.2, 0.25) is 0 Å². The molecule has 1 aromatic carbocycles. The number of phenols is 1. The number of nitrogens with one attached hydrogen (secondary N) is 1. The number of hydrogen-bond acceptors (Lipinski definition) is 4. The molecule has 24 heavy (non-hydrogen) atoms. The van der Waals surface area contributed by atoms with E-state index in [9.17, 15) is 14.7 Å². The Balaban J connectivity index is 1.48. The Hall–Kier alpha value is -2.04. The van der Waals surface area contributed by atoms with E-state index in [-0.39, 0.29) is 29.9 Å². The van der Waals surface area contributed by atoms with Crippen LogP contribution in [0.15, 0.2) is 18.2 Å². The van der Waals surface area contributed by atoms with Gasteiger partial charge in [-0.2, -0.15) is 0 Å². The van der Waals surface area contributed by atoms with Crippen molar-refractivity contribution in [1.29, 1.82) is 0 Å². The van der Waals surface area contributed by atoms with Gasteiger partial charge in [-0.15, -0.1) is 0 Å². The third kappa shape index (κ3) is 3.55. The zero-order valence-corrected chi connectivity index (χ0v) is 14.2. The molecule has 0 spiro atoms. The smallest absolute Gasteiger partial charge is 0.342 e. The number of phenolic OH excluding ortho intramolecular Hbond substituents is 1. The van der Waals surface area contributed by atoms with Gasteiger partial charge in [0.1, 0.15) is 11.3 Å². The first-order valence-corrected chi connectivity index (χ1v) is 8.70. The van der Waals surface area contributed by atoms with Crippen LogP contribution in [0.1, 0.15) is 48.5 Å². The topological polar surface area (TPSA) is 75.6 Å². The SMILES string of the molecule is Cc1ccc(O)c(C(=O)OCC(=O)NC(C)C2CC3CCC2C3)c1. The van der Waals surface area contributed by atoms with Crippen molar-refractivity contribution in [2.75, 3.05) is 6.61 Å². The van der Waals surface area contributed by atoms with Gasteiger partial charge in [-0.25, -0.2) is 4.79 Å². The van der Waals surface area contributed by atoms with Crippen molar-refractivity contribution in [3.8, 4) is 5.75 Å². The summed E-state index contributed by atoms with van der Waals surface area (Å²) in [5.41, 5.74) is 0.929. The monoisotopic (exact) mass is 331 g/mol. The van der Waals surface area contributed by atoms with Crippen LogP contribution in [-0.2, 0) is 9.53 Å². The van der Waals surface area contributed by atoms with Crippen LogP contribution in [0, 0.1) is 24.7 Å². The molecule has 5 heteroatoms. The summed E-state index contributed by atoms with van der Waals surface area (Å²) >= 11 is 0. The molecule has 0 aliphatic heterocycles. The lowest BCUT2D eigenvalue weighted by Gasteiger charge is -2.28. The third-order valence-electron chi connectivity index (χ3n) is 5.53. The predicted molar refractivity (Wildman–Crippen MR) is 89.7 cm³/mol. The van der Waals surface area contributed by atoms with E-state index in [2.05, 4.69) is 5.32 Å². The van der Waals surface area contributed by atoms with Crippen molar-refractivity contribution >= 4 is 11.9 Å². The van der Waals surface area contributed by atoms with Crippen molar-refractivity contribution < 1.29 is 19.4 Å². The summed E-state index contributed by atoms with van der Waals surface area (Å²) < 4.78 is 5.04. The maximum Gasteiger partial charge on any atom is 0.342 e. The predicted octanol–water partition coefficient (Wildman–Crippen LogP) is 2.80. The Kier molecular flexibility index (Phi) is 4.78. The van der Waals surface area contributed by atoms with Crippen molar-refractivity contribution in [2.45, 2.75) is 45.6 Å². The van der Waals surface area contributed by atoms with Crippen molar-refractivity contribution in [1.82, 2.24) is 5.32 Å². The van der Waals surface area contributed by atoms with E-state index in [1.54, 1.807) is 12.1 Å². The number of benzene rings is 1. The van der Waals surface area contributed by atoms with Crippen LogP contribution in [0.3, 0.4) is 0 Å². The molecule has 2 fully saturated rings. The van der Waals surface area contributed by atoms with Crippen molar-refractivity contribution in [2.24, 2.45) is 17.8 Å². The number of aromatic hydroxyl groups is 1. The molecule has 5 nitrogen and oxygen atoms in total. The van der Waals surface area contributed by atoms with Gasteiger partial charge in [-0.3, -0.25) is 4.79 Å². The van der Waals surface area contributed by atoms with E-state index in [0.717, 1.165) is 17.4 Å². The molecule has 2 N–H and O–H groups in total. The first-order valence-electron chi connectivity index (χ1n) is 8.70. The minimum atomic E-state index is -0.682. The fraction of sp³-hybridized carbons (Fsp3) is 0.579. The number of carbonyl (C=O) groups excluding carboxylic acids is 2. The van der Waals surface area contributed by atoms with E-state index in [0.29, 0.717) is 5.92 Å². The molecule has 0 radical (unpaired) electrons. The second-order valence-electron chi connectivity index (χ2n) is 7.29. The maximum atomic E-state index is 12.1. The lowest BCUT2D eigenvalue weighted by Crippen LogP contribution is -2.42. The Morgan fingerprint density at radius 3 is 2.79 bits per heavy atom. The molecule has 1 aromatic rings. The van der Waals surface area contributed by atoms with E-state index in [1.807, 2.05) is 13.8 Å². The first kappa shape index (κ1) is 16.8. The van der Waals surface area contributed by atoms with Gasteiger partial charge in [0, 0.05) is 6.04 Å². The van der Waals surface area contributed by atoms with Gasteiger partial charge in [-0.1, -0.05) is 18.1 Å². The Labute approximate surface area is 142 Å². The molecule has 4 unspecified atom stereocenters. The van der Waals surface area contributed by atoms with Crippen LogP contribution in [-0.4, -0.2) is 29.6 Å². The highest BCUT2D eigenvalue weighted by Crippen LogP contribution is 2.49. The molecule has 0 saturated heterocycles. The number of ether oxygens (including phenoxy) is 1. The maximum absolute atomic E-state index is 12.1. The highest BCUT2D eigenvalue weighted by Gasteiger charge is 2.42. The van der Waals surface area contributed by atoms with E-state index in [1.165, 1.54) is 31.7 Å². The summed E-state index contributed by atoms with van der Waals surface area (Å²) in [6.45, 7) is 3.54. The van der Waals surface area contributed by atoms with Crippen LogP contribution in [0.4, 0.5) is 0 Å². The Morgan fingerprint density at radius 2 is 2.12 bits per heavy atom. The Bertz CT molecular complexity index is 642. The van der Waals surface area contributed by atoms with Crippen LogP contribution in [0.25, 0.3) is 0 Å². The van der Waals surface area contributed by atoms with Gasteiger partial charge in [0.05, 0.1) is 0 Å². The molecular weight excluding hydrogens is 306 g/mol. The second kappa shape index (κ2) is 6.83. The molecule has 2 aliphatic rings. The number of hydrogen-bond donors (Lipinski definition) is 2. The average Bonchev–Trinajstić information content (AvgIpc) is 3.18. The normalized spacial score (nSPS) is 26.2. The first-order chi connectivity index (χ1) is 11.4. The quantitative estimate of drug-likeness (QED) is 0.814. The lowest BCUT2D eigenvalue weighted by molar-refractivity contribution is -0.125. The summed E-state index contributed by atoms with van der Waals surface area (Å²) in [6.07, 6.45) is 5.10. The highest BCUT2D eigenvalue weighted by atomic mass is 16.5. The molecule has 4 atom stereocenters. The van der Waals surface area contributed by atoms with E-state index >= 15 is 0 Å². The third-order valence-corrected chi connectivity index (χ3v) is 5.53. The zero-order valence-electron chi connectivity index (χ0n) is 14.2.